The second-order valence-corrected chi connectivity index (χ2v) is 5.93. The van der Waals surface area contributed by atoms with Crippen molar-refractivity contribution in [3.8, 4) is 0 Å². The molecule has 1 fully saturated rings. The first-order chi connectivity index (χ1) is 10.8. The van der Waals surface area contributed by atoms with Crippen LogP contribution in [0, 0.1) is 0 Å². The van der Waals surface area contributed by atoms with Crippen molar-refractivity contribution in [3.63, 3.8) is 0 Å². The number of aromatic nitrogens is 1. The number of amides is 1. The molecule has 22 heavy (non-hydrogen) atoms. The van der Waals surface area contributed by atoms with Gasteiger partial charge in [0.15, 0.2) is 0 Å². The third-order valence-electron chi connectivity index (χ3n) is 4.36. The Hall–Kier alpha value is -2.16. The van der Waals surface area contributed by atoms with Crippen molar-refractivity contribution in [2.75, 3.05) is 0 Å². The van der Waals surface area contributed by atoms with Crippen LogP contribution in [0.2, 0.25) is 0 Å². The van der Waals surface area contributed by atoms with E-state index in [1.165, 1.54) is 24.8 Å². The highest BCUT2D eigenvalue weighted by Gasteiger charge is 2.26. The summed E-state index contributed by atoms with van der Waals surface area (Å²) >= 11 is 0. The van der Waals surface area contributed by atoms with E-state index in [0.29, 0.717) is 18.3 Å². The molecule has 1 aliphatic carbocycles. The van der Waals surface area contributed by atoms with Crippen LogP contribution in [-0.4, -0.2) is 21.8 Å². The van der Waals surface area contributed by atoms with Crippen LogP contribution in [0.5, 0.6) is 0 Å². The van der Waals surface area contributed by atoms with Crippen LogP contribution in [0.15, 0.2) is 54.7 Å². The Morgan fingerprint density at radius 3 is 2.41 bits per heavy atom. The van der Waals surface area contributed by atoms with E-state index in [1.54, 1.807) is 6.20 Å². The molecule has 114 valence electrons. The quantitative estimate of drug-likeness (QED) is 0.852. The van der Waals surface area contributed by atoms with Crippen molar-refractivity contribution in [1.29, 1.82) is 0 Å². The van der Waals surface area contributed by atoms with Gasteiger partial charge < -0.3 is 4.90 Å². The number of rotatable bonds is 4. The van der Waals surface area contributed by atoms with Gasteiger partial charge in [-0.05, 0) is 30.5 Å². The minimum atomic E-state index is 0.0522. The van der Waals surface area contributed by atoms with Crippen molar-refractivity contribution in [2.24, 2.45) is 0 Å². The third kappa shape index (κ3) is 3.53. The molecule has 0 aliphatic heterocycles. The van der Waals surface area contributed by atoms with Crippen LogP contribution >= 0.6 is 0 Å². The zero-order chi connectivity index (χ0) is 15.2. The highest BCUT2D eigenvalue weighted by atomic mass is 16.2. The van der Waals surface area contributed by atoms with E-state index in [-0.39, 0.29) is 5.91 Å². The summed E-state index contributed by atoms with van der Waals surface area (Å²) in [4.78, 5) is 19.2. The average Bonchev–Trinajstić information content (AvgIpc) is 2.61. The molecule has 0 radical (unpaired) electrons. The summed E-state index contributed by atoms with van der Waals surface area (Å²) in [5.41, 5.74) is 1.72. The summed E-state index contributed by atoms with van der Waals surface area (Å²) in [6, 6.07) is 16.1. The van der Waals surface area contributed by atoms with Gasteiger partial charge in [-0.3, -0.25) is 9.78 Å². The van der Waals surface area contributed by atoms with Crippen LogP contribution in [0.4, 0.5) is 0 Å². The molecule has 1 aliphatic rings. The van der Waals surface area contributed by atoms with Gasteiger partial charge in [0.1, 0.15) is 5.69 Å². The number of benzene rings is 1. The molecule has 0 atom stereocenters. The monoisotopic (exact) mass is 294 g/mol. The lowest BCUT2D eigenvalue weighted by Crippen LogP contribution is -2.41. The highest BCUT2D eigenvalue weighted by Crippen LogP contribution is 2.25. The van der Waals surface area contributed by atoms with Gasteiger partial charge in [0, 0.05) is 18.8 Å². The van der Waals surface area contributed by atoms with E-state index >= 15 is 0 Å². The van der Waals surface area contributed by atoms with E-state index in [1.807, 2.05) is 41.3 Å². The number of carbonyl (C=O) groups excluding carboxylic acids is 1. The minimum Gasteiger partial charge on any atom is -0.330 e. The number of pyridine rings is 1. The maximum atomic E-state index is 12.9. The number of hydrogen-bond acceptors (Lipinski definition) is 2. The van der Waals surface area contributed by atoms with Crippen LogP contribution in [0.1, 0.15) is 48.2 Å². The second-order valence-electron chi connectivity index (χ2n) is 5.93. The topological polar surface area (TPSA) is 33.2 Å². The van der Waals surface area contributed by atoms with Crippen molar-refractivity contribution in [1.82, 2.24) is 9.88 Å². The largest absolute Gasteiger partial charge is 0.330 e. The van der Waals surface area contributed by atoms with Crippen LogP contribution in [-0.2, 0) is 6.54 Å². The van der Waals surface area contributed by atoms with Gasteiger partial charge in [-0.2, -0.15) is 0 Å². The fourth-order valence-electron chi connectivity index (χ4n) is 3.18. The lowest BCUT2D eigenvalue weighted by atomic mass is 9.93. The van der Waals surface area contributed by atoms with Gasteiger partial charge in [0.05, 0.1) is 0 Å². The molecule has 1 heterocycles. The predicted octanol–water partition coefficient (Wildman–Crippen LogP) is 4.06. The normalized spacial score (nSPS) is 15.5. The number of nitrogens with zero attached hydrogens (tertiary/aromatic N) is 2. The molecule has 3 nitrogen and oxygen atoms in total. The number of hydrogen-bond donors (Lipinski definition) is 0. The van der Waals surface area contributed by atoms with Gasteiger partial charge >= 0.3 is 0 Å². The van der Waals surface area contributed by atoms with Gasteiger partial charge in [0.2, 0.25) is 0 Å². The Kier molecular flexibility index (Phi) is 4.84. The summed E-state index contributed by atoms with van der Waals surface area (Å²) in [7, 11) is 0. The second kappa shape index (κ2) is 7.21. The Labute approximate surface area is 132 Å². The molecule has 3 rings (SSSR count). The zero-order valence-corrected chi connectivity index (χ0v) is 12.8. The van der Waals surface area contributed by atoms with Gasteiger partial charge in [-0.15, -0.1) is 0 Å². The van der Waals surface area contributed by atoms with Crippen molar-refractivity contribution < 1.29 is 4.79 Å². The molecule has 0 spiro atoms. The summed E-state index contributed by atoms with van der Waals surface area (Å²) in [5, 5.41) is 0. The van der Waals surface area contributed by atoms with Crippen molar-refractivity contribution in [2.45, 2.75) is 44.7 Å². The van der Waals surface area contributed by atoms with E-state index in [4.69, 9.17) is 0 Å². The molecule has 0 unspecified atom stereocenters. The lowest BCUT2D eigenvalue weighted by molar-refractivity contribution is 0.0608. The maximum absolute atomic E-state index is 12.9. The first-order valence-corrected chi connectivity index (χ1v) is 8.10. The van der Waals surface area contributed by atoms with Crippen molar-refractivity contribution >= 4 is 5.91 Å². The Morgan fingerprint density at radius 2 is 1.73 bits per heavy atom. The van der Waals surface area contributed by atoms with E-state index in [0.717, 1.165) is 12.8 Å². The summed E-state index contributed by atoms with van der Waals surface area (Å²) in [5.74, 6) is 0.0522. The molecule has 0 saturated heterocycles. The first kappa shape index (κ1) is 14.8. The Morgan fingerprint density at radius 1 is 1.00 bits per heavy atom. The van der Waals surface area contributed by atoms with Crippen LogP contribution < -0.4 is 0 Å². The molecule has 0 N–H and O–H groups in total. The fraction of sp³-hybridized carbons (Fsp3) is 0.368. The maximum Gasteiger partial charge on any atom is 0.272 e. The van der Waals surface area contributed by atoms with Gasteiger partial charge in [-0.25, -0.2) is 0 Å². The molecule has 1 aromatic carbocycles. The van der Waals surface area contributed by atoms with Crippen molar-refractivity contribution in [3.05, 3.63) is 66.0 Å². The third-order valence-corrected chi connectivity index (χ3v) is 4.36. The molecule has 2 aromatic rings. The standard InChI is InChI=1S/C19H22N2O/c22-19(18-13-7-8-14-20-18)21(17-11-5-2-6-12-17)15-16-9-3-1-4-10-16/h1,3-4,7-10,13-14,17H,2,5-6,11-12,15H2. The van der Waals surface area contributed by atoms with Gasteiger partial charge in [0.25, 0.3) is 5.91 Å². The number of carbonyl (C=O) groups is 1. The highest BCUT2D eigenvalue weighted by molar-refractivity contribution is 5.92. The summed E-state index contributed by atoms with van der Waals surface area (Å²) in [6.07, 6.45) is 7.61. The lowest BCUT2D eigenvalue weighted by Gasteiger charge is -2.34. The van der Waals surface area contributed by atoms with Crippen LogP contribution in [0.25, 0.3) is 0 Å². The Bertz CT molecular complexity index is 591. The molecule has 1 saturated carbocycles. The smallest absolute Gasteiger partial charge is 0.272 e. The van der Waals surface area contributed by atoms with E-state index < -0.39 is 0 Å². The van der Waals surface area contributed by atoms with E-state index in [2.05, 4.69) is 17.1 Å². The zero-order valence-electron chi connectivity index (χ0n) is 12.8. The average molecular weight is 294 g/mol. The molecular formula is C19H22N2O. The molecular weight excluding hydrogens is 272 g/mol. The molecule has 0 bridgehead atoms. The van der Waals surface area contributed by atoms with E-state index in [9.17, 15) is 4.79 Å². The Balaban J connectivity index is 1.83. The van der Waals surface area contributed by atoms with Gasteiger partial charge in [-0.1, -0.05) is 55.7 Å². The first-order valence-electron chi connectivity index (χ1n) is 8.10. The fourth-order valence-corrected chi connectivity index (χ4v) is 3.18. The molecule has 1 amide bonds. The predicted molar refractivity (Wildman–Crippen MR) is 87.4 cm³/mol. The minimum absolute atomic E-state index is 0.0522. The molecule has 1 aromatic heterocycles. The summed E-state index contributed by atoms with van der Waals surface area (Å²) in [6.45, 7) is 0.668. The van der Waals surface area contributed by atoms with Crippen LogP contribution in [0.3, 0.4) is 0 Å². The SMILES string of the molecule is O=C(c1ccccn1)N(Cc1ccccc1)C1CCCCC1. The summed E-state index contributed by atoms with van der Waals surface area (Å²) < 4.78 is 0. The molecule has 3 heteroatoms.